The van der Waals surface area contributed by atoms with Gasteiger partial charge in [-0.2, -0.15) is 0 Å². The van der Waals surface area contributed by atoms with Crippen molar-refractivity contribution in [2.75, 3.05) is 10.6 Å². The van der Waals surface area contributed by atoms with Crippen LogP contribution in [-0.2, 0) is 0 Å². The van der Waals surface area contributed by atoms with Gasteiger partial charge < -0.3 is 10.6 Å². The normalized spacial score (nSPS) is 10.3. The van der Waals surface area contributed by atoms with E-state index in [4.69, 9.17) is 0 Å². The summed E-state index contributed by atoms with van der Waals surface area (Å²) in [5.74, 6) is -0.288. The zero-order valence-electron chi connectivity index (χ0n) is 16.2. The van der Waals surface area contributed by atoms with Crippen molar-refractivity contribution in [2.24, 2.45) is 0 Å². The lowest BCUT2D eigenvalue weighted by molar-refractivity contribution is 0.101. The molecule has 4 heteroatoms. The highest BCUT2D eigenvalue weighted by Gasteiger charge is 2.08. The first-order chi connectivity index (χ1) is 14.7. The van der Waals surface area contributed by atoms with E-state index in [9.17, 15) is 9.59 Å². The number of rotatable bonds is 5. The highest BCUT2D eigenvalue weighted by molar-refractivity contribution is 6.05. The van der Waals surface area contributed by atoms with E-state index in [0.717, 1.165) is 22.5 Å². The Hall–Kier alpha value is -4.18. The summed E-state index contributed by atoms with van der Waals surface area (Å²) < 4.78 is 0. The molecule has 0 spiro atoms. The number of carbonyl (C=O) groups excluding carboxylic acids is 2. The van der Waals surface area contributed by atoms with E-state index in [1.165, 1.54) is 0 Å². The molecule has 0 aliphatic heterocycles. The lowest BCUT2D eigenvalue weighted by Crippen LogP contribution is -2.11. The number of benzene rings is 4. The Morgan fingerprint density at radius 1 is 0.433 bits per heavy atom. The second-order valence-electron chi connectivity index (χ2n) is 6.79. The molecule has 0 unspecified atom stereocenters. The quantitative estimate of drug-likeness (QED) is 0.447. The minimum atomic E-state index is -0.147. The van der Waals surface area contributed by atoms with Gasteiger partial charge in [0.05, 0.1) is 0 Å². The molecule has 2 N–H and O–H groups in total. The summed E-state index contributed by atoms with van der Waals surface area (Å²) >= 11 is 0. The largest absolute Gasteiger partial charge is 0.322 e. The second-order valence-corrected chi connectivity index (χ2v) is 6.79. The van der Waals surface area contributed by atoms with Crippen LogP contribution in [0.3, 0.4) is 0 Å². The molecule has 0 aromatic heterocycles. The molecule has 0 aliphatic carbocycles. The number of para-hydroxylation sites is 1. The first kappa shape index (κ1) is 19.2. The first-order valence-electron chi connectivity index (χ1n) is 9.62. The minimum absolute atomic E-state index is 0.142. The fourth-order valence-corrected chi connectivity index (χ4v) is 3.08. The molecule has 0 saturated heterocycles. The fourth-order valence-electron chi connectivity index (χ4n) is 3.08. The molecule has 30 heavy (non-hydrogen) atoms. The van der Waals surface area contributed by atoms with Crippen LogP contribution in [0.2, 0.25) is 0 Å². The van der Waals surface area contributed by atoms with Crippen LogP contribution in [0.4, 0.5) is 11.4 Å². The molecule has 0 saturated carbocycles. The molecular formula is C26H20N2O2. The molecule has 0 atom stereocenters. The van der Waals surface area contributed by atoms with Crippen molar-refractivity contribution < 1.29 is 9.59 Å². The molecule has 2 amide bonds. The Labute approximate surface area is 175 Å². The highest BCUT2D eigenvalue weighted by Crippen LogP contribution is 2.22. The van der Waals surface area contributed by atoms with Gasteiger partial charge in [-0.05, 0) is 59.7 Å². The molecule has 146 valence electrons. The molecule has 0 fully saturated rings. The van der Waals surface area contributed by atoms with Gasteiger partial charge in [0.25, 0.3) is 11.8 Å². The van der Waals surface area contributed by atoms with Crippen LogP contribution in [-0.4, -0.2) is 11.8 Å². The average molecular weight is 392 g/mol. The summed E-state index contributed by atoms with van der Waals surface area (Å²) in [5, 5.41) is 5.77. The average Bonchev–Trinajstić information content (AvgIpc) is 2.81. The monoisotopic (exact) mass is 392 g/mol. The fraction of sp³-hybridized carbons (Fsp3) is 0. The zero-order chi connectivity index (χ0) is 20.8. The van der Waals surface area contributed by atoms with E-state index in [2.05, 4.69) is 10.6 Å². The van der Waals surface area contributed by atoms with Gasteiger partial charge in [-0.25, -0.2) is 0 Å². The molecule has 0 bridgehead atoms. The Balaban J connectivity index is 1.42. The molecule has 0 heterocycles. The maximum absolute atomic E-state index is 12.4. The number of nitrogens with one attached hydrogen (secondary N) is 2. The molecule has 4 rings (SSSR count). The lowest BCUT2D eigenvalue weighted by Gasteiger charge is -2.08. The summed E-state index contributed by atoms with van der Waals surface area (Å²) in [4.78, 5) is 24.6. The summed E-state index contributed by atoms with van der Waals surface area (Å²) in [5.41, 5.74) is 4.70. The standard InChI is InChI=1S/C26H20N2O2/c29-25(21-7-3-1-4-8-21)28-24-17-15-20(16-18-24)19-11-13-22(14-12-19)26(30)27-23-9-5-2-6-10-23/h1-18H,(H,27,30)(H,28,29). The van der Waals surface area contributed by atoms with Crippen molar-refractivity contribution in [2.45, 2.75) is 0 Å². The third-order valence-corrected chi connectivity index (χ3v) is 4.69. The van der Waals surface area contributed by atoms with E-state index in [1.807, 2.05) is 84.9 Å². The minimum Gasteiger partial charge on any atom is -0.322 e. The van der Waals surface area contributed by atoms with Gasteiger partial charge in [0.15, 0.2) is 0 Å². The van der Waals surface area contributed by atoms with Crippen molar-refractivity contribution in [3.05, 3.63) is 120 Å². The number of amides is 2. The van der Waals surface area contributed by atoms with Crippen LogP contribution in [0.25, 0.3) is 11.1 Å². The number of hydrogen-bond donors (Lipinski definition) is 2. The molecule has 4 aromatic rings. The van der Waals surface area contributed by atoms with Crippen molar-refractivity contribution in [3.8, 4) is 11.1 Å². The maximum atomic E-state index is 12.4. The van der Waals surface area contributed by atoms with Crippen LogP contribution >= 0.6 is 0 Å². The second kappa shape index (κ2) is 8.88. The predicted molar refractivity (Wildman–Crippen MR) is 121 cm³/mol. The van der Waals surface area contributed by atoms with E-state index in [-0.39, 0.29) is 11.8 Å². The van der Waals surface area contributed by atoms with Gasteiger partial charge in [-0.3, -0.25) is 9.59 Å². The molecule has 0 radical (unpaired) electrons. The van der Waals surface area contributed by atoms with Gasteiger partial charge in [-0.15, -0.1) is 0 Å². The lowest BCUT2D eigenvalue weighted by atomic mass is 10.0. The summed E-state index contributed by atoms with van der Waals surface area (Å²) in [7, 11) is 0. The van der Waals surface area contributed by atoms with Gasteiger partial charge in [-0.1, -0.05) is 60.7 Å². The van der Waals surface area contributed by atoms with Crippen molar-refractivity contribution in [1.82, 2.24) is 0 Å². The molecule has 4 nitrogen and oxygen atoms in total. The van der Waals surface area contributed by atoms with E-state index in [0.29, 0.717) is 11.1 Å². The van der Waals surface area contributed by atoms with E-state index in [1.54, 1.807) is 24.3 Å². The van der Waals surface area contributed by atoms with Crippen molar-refractivity contribution in [1.29, 1.82) is 0 Å². The van der Waals surface area contributed by atoms with Crippen LogP contribution < -0.4 is 10.6 Å². The molecule has 4 aromatic carbocycles. The Morgan fingerprint density at radius 2 is 0.833 bits per heavy atom. The Bertz CT molecular complexity index is 1140. The molecular weight excluding hydrogens is 372 g/mol. The number of hydrogen-bond acceptors (Lipinski definition) is 2. The van der Waals surface area contributed by atoms with Gasteiger partial charge in [0.1, 0.15) is 0 Å². The third-order valence-electron chi connectivity index (χ3n) is 4.69. The predicted octanol–water partition coefficient (Wildman–Crippen LogP) is 5.86. The van der Waals surface area contributed by atoms with Crippen LogP contribution in [0.5, 0.6) is 0 Å². The van der Waals surface area contributed by atoms with Crippen LogP contribution in [0.15, 0.2) is 109 Å². The topological polar surface area (TPSA) is 58.2 Å². The smallest absolute Gasteiger partial charge is 0.255 e. The third kappa shape index (κ3) is 4.62. The Morgan fingerprint density at radius 3 is 1.37 bits per heavy atom. The van der Waals surface area contributed by atoms with Crippen LogP contribution in [0, 0.1) is 0 Å². The van der Waals surface area contributed by atoms with E-state index < -0.39 is 0 Å². The summed E-state index contributed by atoms with van der Waals surface area (Å²) in [6.07, 6.45) is 0. The van der Waals surface area contributed by atoms with Gasteiger partial charge in [0, 0.05) is 22.5 Å². The summed E-state index contributed by atoms with van der Waals surface area (Å²) in [6, 6.07) is 33.5. The Kier molecular flexibility index (Phi) is 5.67. The van der Waals surface area contributed by atoms with Gasteiger partial charge in [0.2, 0.25) is 0 Å². The highest BCUT2D eigenvalue weighted by atomic mass is 16.2. The van der Waals surface area contributed by atoms with Crippen molar-refractivity contribution in [3.63, 3.8) is 0 Å². The SMILES string of the molecule is O=C(Nc1ccc(-c2ccc(C(=O)Nc3ccccc3)cc2)cc1)c1ccccc1. The van der Waals surface area contributed by atoms with Crippen LogP contribution in [0.1, 0.15) is 20.7 Å². The number of carbonyl (C=O) groups is 2. The van der Waals surface area contributed by atoms with Crippen molar-refractivity contribution >= 4 is 23.2 Å². The van der Waals surface area contributed by atoms with E-state index >= 15 is 0 Å². The number of anilines is 2. The molecule has 0 aliphatic rings. The maximum Gasteiger partial charge on any atom is 0.255 e. The zero-order valence-corrected chi connectivity index (χ0v) is 16.2. The van der Waals surface area contributed by atoms with Gasteiger partial charge >= 0.3 is 0 Å². The first-order valence-corrected chi connectivity index (χ1v) is 9.62. The summed E-state index contributed by atoms with van der Waals surface area (Å²) in [6.45, 7) is 0.